The summed E-state index contributed by atoms with van der Waals surface area (Å²) in [4.78, 5) is 0. The number of rotatable bonds is 7. The van der Waals surface area contributed by atoms with Crippen molar-refractivity contribution in [2.24, 2.45) is 0 Å². The Balaban J connectivity index is 4.02. The average Bonchev–Trinajstić information content (AvgIpc) is 2.18. The van der Waals surface area contributed by atoms with Gasteiger partial charge in [0.1, 0.15) is 8.24 Å². The molecule has 0 atom stereocenters. The van der Waals surface area contributed by atoms with Crippen molar-refractivity contribution in [3.63, 3.8) is 0 Å². The van der Waals surface area contributed by atoms with Gasteiger partial charge < -0.3 is 4.57 Å². The zero-order valence-electron chi connectivity index (χ0n) is 11.6. The summed E-state index contributed by atoms with van der Waals surface area (Å²) in [6, 6.07) is 3.00. The Bertz CT molecular complexity index is 196. The lowest BCUT2D eigenvalue weighted by Gasteiger charge is -2.35. The molecule has 90 valence electrons. The highest BCUT2D eigenvalue weighted by Gasteiger charge is 2.26. The van der Waals surface area contributed by atoms with Crippen molar-refractivity contribution in [1.29, 1.82) is 0 Å². The standard InChI is InChI=1S/C12H29NSi2/c1-7-12(4)14-10-11-15(5,6)13(8-2)9-3/h7H,8-11,14H2,1-6H3. The maximum Gasteiger partial charge on any atom is 0.121 e. The van der Waals surface area contributed by atoms with Crippen LogP contribution in [0.15, 0.2) is 11.3 Å². The molecule has 3 heteroatoms. The molecule has 15 heavy (non-hydrogen) atoms. The second-order valence-corrected chi connectivity index (χ2v) is 12.1. The zero-order valence-corrected chi connectivity index (χ0v) is 14.0. The smallest absolute Gasteiger partial charge is 0.121 e. The molecule has 1 nitrogen and oxygen atoms in total. The highest BCUT2D eigenvalue weighted by atomic mass is 28.3. The van der Waals surface area contributed by atoms with Gasteiger partial charge in [0.25, 0.3) is 0 Å². The Kier molecular flexibility index (Phi) is 7.48. The van der Waals surface area contributed by atoms with Crippen molar-refractivity contribution >= 4 is 17.8 Å². The molecule has 0 saturated heterocycles. The van der Waals surface area contributed by atoms with Crippen molar-refractivity contribution in [3.05, 3.63) is 11.3 Å². The monoisotopic (exact) mass is 243 g/mol. The van der Waals surface area contributed by atoms with Gasteiger partial charge in [-0.3, -0.25) is 0 Å². The Morgan fingerprint density at radius 3 is 2.20 bits per heavy atom. The van der Waals surface area contributed by atoms with Crippen LogP contribution in [-0.4, -0.2) is 35.4 Å². The third-order valence-electron chi connectivity index (χ3n) is 3.47. The van der Waals surface area contributed by atoms with E-state index >= 15 is 0 Å². The van der Waals surface area contributed by atoms with E-state index in [9.17, 15) is 0 Å². The molecule has 0 aromatic rings. The van der Waals surface area contributed by atoms with Crippen molar-refractivity contribution < 1.29 is 0 Å². The van der Waals surface area contributed by atoms with E-state index in [0.29, 0.717) is 0 Å². The fourth-order valence-corrected chi connectivity index (χ4v) is 9.22. The van der Waals surface area contributed by atoms with E-state index in [1.165, 1.54) is 25.2 Å². The summed E-state index contributed by atoms with van der Waals surface area (Å²) in [6.07, 6.45) is 2.30. The number of hydrogen-bond acceptors (Lipinski definition) is 1. The van der Waals surface area contributed by atoms with E-state index < -0.39 is 8.24 Å². The van der Waals surface area contributed by atoms with Crippen LogP contribution < -0.4 is 0 Å². The molecule has 0 heterocycles. The van der Waals surface area contributed by atoms with Gasteiger partial charge in [0.2, 0.25) is 0 Å². The maximum absolute atomic E-state index is 2.71. The van der Waals surface area contributed by atoms with Gasteiger partial charge in [0.15, 0.2) is 0 Å². The van der Waals surface area contributed by atoms with Gasteiger partial charge in [-0.2, -0.15) is 0 Å². The minimum absolute atomic E-state index is 0.0777. The Hall–Kier alpha value is 0.134. The first-order valence-electron chi connectivity index (χ1n) is 6.34. The van der Waals surface area contributed by atoms with E-state index in [1.807, 2.05) is 0 Å². The minimum Gasteiger partial charge on any atom is -0.324 e. The van der Waals surface area contributed by atoms with Gasteiger partial charge in [-0.25, -0.2) is 0 Å². The van der Waals surface area contributed by atoms with Crippen molar-refractivity contribution in [2.45, 2.75) is 52.9 Å². The SMILES string of the molecule is CC=C(C)[SiH2]CC[Si](C)(C)N(CC)CC. The van der Waals surface area contributed by atoms with Crippen LogP contribution in [0.3, 0.4) is 0 Å². The van der Waals surface area contributed by atoms with Crippen molar-refractivity contribution in [2.75, 3.05) is 13.1 Å². The molecule has 0 aliphatic rings. The Labute approximate surface area is 99.9 Å². The molecule has 0 N–H and O–H groups in total. The lowest BCUT2D eigenvalue weighted by Crippen LogP contribution is -2.48. The van der Waals surface area contributed by atoms with E-state index in [4.69, 9.17) is 0 Å². The second kappa shape index (κ2) is 7.41. The van der Waals surface area contributed by atoms with Crippen LogP contribution in [0.5, 0.6) is 0 Å². The van der Waals surface area contributed by atoms with Crippen LogP contribution in [0.1, 0.15) is 27.7 Å². The topological polar surface area (TPSA) is 3.24 Å². The molecule has 0 unspecified atom stereocenters. The number of nitrogens with zero attached hydrogens (tertiary/aromatic N) is 1. The van der Waals surface area contributed by atoms with Crippen LogP contribution in [-0.2, 0) is 0 Å². The first-order valence-corrected chi connectivity index (χ1v) is 11.2. The molecule has 0 saturated carbocycles. The number of allylic oxidation sites excluding steroid dienone is 2. The van der Waals surface area contributed by atoms with Crippen LogP contribution in [0, 0.1) is 0 Å². The predicted octanol–water partition coefficient (Wildman–Crippen LogP) is 3.04. The zero-order chi connectivity index (χ0) is 11.9. The van der Waals surface area contributed by atoms with Gasteiger partial charge in [0.05, 0.1) is 0 Å². The molecule has 0 fully saturated rings. The van der Waals surface area contributed by atoms with E-state index in [2.05, 4.69) is 51.4 Å². The molecule has 0 rings (SSSR count). The summed E-state index contributed by atoms with van der Waals surface area (Å²) < 4.78 is 2.71. The molecule has 0 aliphatic carbocycles. The highest BCUT2D eigenvalue weighted by molar-refractivity contribution is 6.75. The van der Waals surface area contributed by atoms with E-state index in [0.717, 1.165) is 0 Å². The van der Waals surface area contributed by atoms with E-state index in [-0.39, 0.29) is 9.52 Å². The van der Waals surface area contributed by atoms with Gasteiger partial charge in [-0.1, -0.05) is 44.3 Å². The van der Waals surface area contributed by atoms with Crippen LogP contribution in [0.4, 0.5) is 0 Å². The Morgan fingerprint density at radius 1 is 1.27 bits per heavy atom. The fraction of sp³-hybridized carbons (Fsp3) is 0.833. The average molecular weight is 244 g/mol. The molecular weight excluding hydrogens is 214 g/mol. The van der Waals surface area contributed by atoms with Gasteiger partial charge >= 0.3 is 0 Å². The summed E-state index contributed by atoms with van der Waals surface area (Å²) in [7, 11) is -0.994. The molecule has 0 bridgehead atoms. The van der Waals surface area contributed by atoms with Gasteiger partial charge in [0, 0.05) is 9.52 Å². The molecule has 0 spiro atoms. The third kappa shape index (κ3) is 5.68. The van der Waals surface area contributed by atoms with Crippen molar-refractivity contribution in [3.8, 4) is 0 Å². The van der Waals surface area contributed by atoms with Crippen LogP contribution in [0.25, 0.3) is 0 Å². The molecule has 0 radical (unpaired) electrons. The Morgan fingerprint density at radius 2 is 1.80 bits per heavy atom. The van der Waals surface area contributed by atoms with Gasteiger partial charge in [-0.05, 0) is 33.0 Å². The summed E-state index contributed by atoms with van der Waals surface area (Å²) in [5.41, 5.74) is 0. The summed E-state index contributed by atoms with van der Waals surface area (Å²) in [5.74, 6) is 0. The number of hydrogen-bond donors (Lipinski definition) is 0. The normalized spacial score (nSPS) is 14.5. The predicted molar refractivity (Wildman–Crippen MR) is 78.0 cm³/mol. The summed E-state index contributed by atoms with van der Waals surface area (Å²) >= 11 is 0. The molecular formula is C12H29NSi2. The lowest BCUT2D eigenvalue weighted by molar-refractivity contribution is 0.466. The first-order chi connectivity index (χ1) is 6.97. The largest absolute Gasteiger partial charge is 0.324 e. The van der Waals surface area contributed by atoms with E-state index in [1.54, 1.807) is 5.20 Å². The molecule has 0 aromatic carbocycles. The highest BCUT2D eigenvalue weighted by Crippen LogP contribution is 2.17. The molecule has 0 amide bonds. The first kappa shape index (κ1) is 15.1. The minimum atomic E-state index is -1.07. The second-order valence-electron chi connectivity index (χ2n) is 4.97. The summed E-state index contributed by atoms with van der Waals surface area (Å²) in [5, 5.41) is 1.68. The van der Waals surface area contributed by atoms with Crippen molar-refractivity contribution in [1.82, 2.24) is 4.57 Å². The molecule has 0 aliphatic heterocycles. The van der Waals surface area contributed by atoms with Gasteiger partial charge in [-0.15, -0.1) is 0 Å². The summed E-state index contributed by atoms with van der Waals surface area (Å²) in [6.45, 7) is 16.6. The quantitative estimate of drug-likeness (QED) is 0.621. The fourth-order valence-electron chi connectivity index (χ4n) is 2.18. The van der Waals surface area contributed by atoms with Crippen LogP contribution >= 0.6 is 0 Å². The molecule has 0 aromatic heterocycles. The van der Waals surface area contributed by atoms with Crippen LogP contribution in [0.2, 0.25) is 25.2 Å². The third-order valence-corrected chi connectivity index (χ3v) is 10.0. The lowest BCUT2D eigenvalue weighted by atomic mass is 10.6. The maximum atomic E-state index is 2.71.